The summed E-state index contributed by atoms with van der Waals surface area (Å²) in [5.74, 6) is -0.443. The molecule has 5 heteroatoms. The number of rotatable bonds is 6. The first-order chi connectivity index (χ1) is 12.1. The summed E-state index contributed by atoms with van der Waals surface area (Å²) in [7, 11) is 0. The number of hydrogen-bond donors (Lipinski definition) is 3. The Hall–Kier alpha value is -1.43. The second-order valence-corrected chi connectivity index (χ2v) is 8.10. The molecule has 4 atom stereocenters. The third-order valence-electron chi connectivity index (χ3n) is 5.20. The molecule has 2 aliphatic rings. The van der Waals surface area contributed by atoms with Gasteiger partial charge in [0.05, 0.1) is 17.8 Å². The van der Waals surface area contributed by atoms with Gasteiger partial charge < -0.3 is 20.1 Å². The Kier molecular flexibility index (Phi) is 6.83. The van der Waals surface area contributed by atoms with Crippen LogP contribution in [0.25, 0.3) is 0 Å². The SMILES string of the molecule is CC(C)=CCC/C(C)=C/[C@H]1C[C@](C)(O)[C@@H](CC2=C(O)[C@@H](O)CCC2=O)O1. The average Bonchev–Trinajstić information content (AvgIpc) is 2.80. The number of aliphatic hydroxyl groups excluding tert-OH is 2. The summed E-state index contributed by atoms with van der Waals surface area (Å²) in [4.78, 5) is 12.1. The summed E-state index contributed by atoms with van der Waals surface area (Å²) in [6.45, 7) is 7.91. The van der Waals surface area contributed by atoms with E-state index in [0.717, 1.165) is 12.8 Å². The minimum atomic E-state index is -1.09. The molecule has 26 heavy (non-hydrogen) atoms. The van der Waals surface area contributed by atoms with E-state index in [9.17, 15) is 20.1 Å². The fourth-order valence-corrected chi connectivity index (χ4v) is 3.60. The lowest BCUT2D eigenvalue weighted by Gasteiger charge is -2.27. The zero-order chi connectivity index (χ0) is 19.5. The standard InChI is InChI=1S/C21H32O5/c1-13(2)6-5-7-14(3)10-15-12-21(4,25)19(26-15)11-16-17(22)8-9-18(23)20(16)24/h6,10,15,18-19,23-25H,5,7-9,11-12H2,1-4H3/b14-10+/t15-,18-,19+,21-/m0/s1. The quantitative estimate of drug-likeness (QED) is 0.628. The molecule has 1 heterocycles. The first-order valence-electron chi connectivity index (χ1n) is 9.42. The van der Waals surface area contributed by atoms with Crippen molar-refractivity contribution in [1.82, 2.24) is 0 Å². The van der Waals surface area contributed by atoms with Crippen LogP contribution in [0.15, 0.2) is 34.6 Å². The number of allylic oxidation sites excluding steroid dienone is 3. The van der Waals surface area contributed by atoms with E-state index in [1.165, 1.54) is 11.1 Å². The van der Waals surface area contributed by atoms with Crippen molar-refractivity contribution in [3.05, 3.63) is 34.6 Å². The maximum absolute atomic E-state index is 12.1. The summed E-state index contributed by atoms with van der Waals surface area (Å²) < 4.78 is 5.99. The molecule has 0 bridgehead atoms. The van der Waals surface area contributed by atoms with Crippen molar-refractivity contribution >= 4 is 5.78 Å². The molecule has 0 saturated carbocycles. The van der Waals surface area contributed by atoms with Crippen LogP contribution in [0.4, 0.5) is 0 Å². The predicted octanol–water partition coefficient (Wildman–Crippen LogP) is 3.51. The van der Waals surface area contributed by atoms with Crippen molar-refractivity contribution in [1.29, 1.82) is 0 Å². The molecule has 0 spiro atoms. The largest absolute Gasteiger partial charge is 0.509 e. The number of Topliss-reactive ketones (excluding diaryl/α,β-unsaturated/α-hetero) is 1. The van der Waals surface area contributed by atoms with Crippen LogP contribution < -0.4 is 0 Å². The molecule has 0 radical (unpaired) electrons. The minimum Gasteiger partial charge on any atom is -0.509 e. The van der Waals surface area contributed by atoms with Gasteiger partial charge >= 0.3 is 0 Å². The second-order valence-electron chi connectivity index (χ2n) is 8.10. The van der Waals surface area contributed by atoms with Gasteiger partial charge in [0.1, 0.15) is 11.9 Å². The second kappa shape index (κ2) is 8.51. The van der Waals surface area contributed by atoms with Crippen molar-refractivity contribution in [3.8, 4) is 0 Å². The van der Waals surface area contributed by atoms with Gasteiger partial charge in [0.2, 0.25) is 0 Å². The van der Waals surface area contributed by atoms with Crippen molar-refractivity contribution in [2.75, 3.05) is 0 Å². The predicted molar refractivity (Wildman–Crippen MR) is 101 cm³/mol. The molecule has 1 aliphatic heterocycles. The fraction of sp³-hybridized carbons (Fsp3) is 0.667. The Bertz CT molecular complexity index is 622. The van der Waals surface area contributed by atoms with Crippen LogP contribution in [0.2, 0.25) is 0 Å². The van der Waals surface area contributed by atoms with Crippen molar-refractivity contribution in [2.45, 2.75) is 90.1 Å². The number of aliphatic hydroxyl groups is 3. The summed E-state index contributed by atoms with van der Waals surface area (Å²) in [5.41, 5.74) is 1.61. The summed E-state index contributed by atoms with van der Waals surface area (Å²) in [6, 6.07) is 0. The average molecular weight is 364 g/mol. The van der Waals surface area contributed by atoms with E-state index in [2.05, 4.69) is 26.8 Å². The molecule has 0 aromatic carbocycles. The third-order valence-corrected chi connectivity index (χ3v) is 5.20. The van der Waals surface area contributed by atoms with Gasteiger partial charge in [-0.15, -0.1) is 0 Å². The molecule has 2 rings (SSSR count). The van der Waals surface area contributed by atoms with Crippen LogP contribution in [-0.2, 0) is 9.53 Å². The molecular weight excluding hydrogens is 332 g/mol. The Morgan fingerprint density at radius 2 is 2.04 bits per heavy atom. The minimum absolute atomic E-state index is 0.121. The van der Waals surface area contributed by atoms with Gasteiger partial charge in [-0.1, -0.05) is 23.3 Å². The lowest BCUT2D eigenvalue weighted by Crippen LogP contribution is -2.36. The molecule has 1 fully saturated rings. The topological polar surface area (TPSA) is 87.0 Å². The van der Waals surface area contributed by atoms with Crippen LogP contribution in [0.5, 0.6) is 0 Å². The maximum atomic E-state index is 12.1. The molecular formula is C21H32O5. The molecule has 0 unspecified atom stereocenters. The van der Waals surface area contributed by atoms with Gasteiger partial charge in [-0.05, 0) is 47.0 Å². The molecule has 0 amide bonds. The van der Waals surface area contributed by atoms with E-state index >= 15 is 0 Å². The molecule has 0 aromatic rings. The lowest BCUT2D eigenvalue weighted by molar-refractivity contribution is -0.118. The van der Waals surface area contributed by atoms with Crippen molar-refractivity contribution < 1.29 is 24.9 Å². The molecule has 5 nitrogen and oxygen atoms in total. The van der Waals surface area contributed by atoms with Gasteiger partial charge in [0.25, 0.3) is 0 Å². The summed E-state index contributed by atoms with van der Waals surface area (Å²) in [6.07, 6.45) is 5.38. The highest BCUT2D eigenvalue weighted by Gasteiger charge is 2.44. The Balaban J connectivity index is 2.04. The molecule has 146 valence electrons. The van der Waals surface area contributed by atoms with Crippen LogP contribution in [0.1, 0.15) is 66.2 Å². The summed E-state index contributed by atoms with van der Waals surface area (Å²) >= 11 is 0. The van der Waals surface area contributed by atoms with Crippen LogP contribution in [0.3, 0.4) is 0 Å². The van der Waals surface area contributed by atoms with Crippen LogP contribution >= 0.6 is 0 Å². The third kappa shape index (κ3) is 5.29. The highest BCUT2D eigenvalue weighted by atomic mass is 16.5. The zero-order valence-corrected chi connectivity index (χ0v) is 16.3. The van der Waals surface area contributed by atoms with Gasteiger partial charge in [0.15, 0.2) is 5.78 Å². The Morgan fingerprint density at radius 1 is 1.35 bits per heavy atom. The van der Waals surface area contributed by atoms with Crippen molar-refractivity contribution in [2.24, 2.45) is 0 Å². The van der Waals surface area contributed by atoms with Gasteiger partial charge in [0, 0.05) is 24.8 Å². The Morgan fingerprint density at radius 3 is 2.69 bits per heavy atom. The normalized spacial score (nSPS) is 32.9. The molecule has 0 aromatic heterocycles. The number of carbonyl (C=O) groups is 1. The monoisotopic (exact) mass is 364 g/mol. The van der Waals surface area contributed by atoms with Crippen molar-refractivity contribution in [3.63, 3.8) is 0 Å². The van der Waals surface area contributed by atoms with Crippen LogP contribution in [0, 0.1) is 0 Å². The first-order valence-corrected chi connectivity index (χ1v) is 9.42. The van der Waals surface area contributed by atoms with E-state index in [4.69, 9.17) is 4.74 Å². The fourth-order valence-electron chi connectivity index (χ4n) is 3.60. The maximum Gasteiger partial charge on any atom is 0.162 e. The molecule has 1 saturated heterocycles. The van der Waals surface area contributed by atoms with E-state index in [0.29, 0.717) is 6.42 Å². The zero-order valence-electron chi connectivity index (χ0n) is 16.3. The van der Waals surface area contributed by atoms with Gasteiger partial charge in [-0.3, -0.25) is 4.79 Å². The van der Waals surface area contributed by atoms with E-state index < -0.39 is 17.8 Å². The smallest absolute Gasteiger partial charge is 0.162 e. The molecule has 3 N–H and O–H groups in total. The Labute approximate surface area is 156 Å². The first kappa shape index (κ1) is 20.9. The molecule has 1 aliphatic carbocycles. The highest BCUT2D eigenvalue weighted by molar-refractivity contribution is 5.96. The number of ether oxygens (including phenoxy) is 1. The number of carbonyl (C=O) groups excluding carboxylic acids is 1. The number of hydrogen-bond acceptors (Lipinski definition) is 5. The van der Waals surface area contributed by atoms with Crippen LogP contribution in [-0.4, -0.2) is 45.0 Å². The highest BCUT2D eigenvalue weighted by Crippen LogP contribution is 2.37. The van der Waals surface area contributed by atoms with E-state index in [-0.39, 0.29) is 42.5 Å². The van der Waals surface area contributed by atoms with Gasteiger partial charge in [-0.2, -0.15) is 0 Å². The summed E-state index contributed by atoms with van der Waals surface area (Å²) in [5, 5.41) is 30.5. The number of ketones is 1. The van der Waals surface area contributed by atoms with E-state index in [1.807, 2.05) is 6.08 Å². The lowest BCUT2D eigenvalue weighted by atomic mass is 9.85. The van der Waals surface area contributed by atoms with E-state index in [1.54, 1.807) is 6.92 Å². The van der Waals surface area contributed by atoms with Gasteiger partial charge in [-0.25, -0.2) is 0 Å².